The van der Waals surface area contributed by atoms with E-state index in [4.69, 9.17) is 4.74 Å². The molecule has 0 bridgehead atoms. The highest BCUT2D eigenvalue weighted by molar-refractivity contribution is 5.96. The standard InChI is InChI=1S/C14H19NO2.ClH/c1-2-3-14(16)12-4-6-13(7-5-12)15-8-10-17-11-9-15;/h4-7H,2-3,8-11H2,1H3;1H. The summed E-state index contributed by atoms with van der Waals surface area (Å²) >= 11 is 0. The average Bonchev–Trinajstić information content (AvgIpc) is 2.40. The highest BCUT2D eigenvalue weighted by Crippen LogP contribution is 2.17. The summed E-state index contributed by atoms with van der Waals surface area (Å²) < 4.78 is 5.32. The minimum Gasteiger partial charge on any atom is -0.378 e. The Morgan fingerprint density at radius 1 is 1.22 bits per heavy atom. The van der Waals surface area contributed by atoms with Crippen molar-refractivity contribution in [1.82, 2.24) is 0 Å². The van der Waals surface area contributed by atoms with E-state index in [1.165, 1.54) is 5.69 Å². The van der Waals surface area contributed by atoms with Gasteiger partial charge in [-0.05, 0) is 30.7 Å². The Hall–Kier alpha value is -1.06. The van der Waals surface area contributed by atoms with Crippen molar-refractivity contribution < 1.29 is 9.53 Å². The molecule has 1 heterocycles. The third kappa shape index (κ3) is 3.72. The highest BCUT2D eigenvalue weighted by atomic mass is 35.5. The number of nitrogens with zero attached hydrogens (tertiary/aromatic N) is 1. The molecule has 0 radical (unpaired) electrons. The number of hydrogen-bond acceptors (Lipinski definition) is 3. The summed E-state index contributed by atoms with van der Waals surface area (Å²) in [5, 5.41) is 0. The van der Waals surface area contributed by atoms with Crippen LogP contribution in [0.15, 0.2) is 24.3 Å². The van der Waals surface area contributed by atoms with Gasteiger partial charge in [0, 0.05) is 30.8 Å². The molecule has 0 saturated carbocycles. The Balaban J connectivity index is 0.00000162. The van der Waals surface area contributed by atoms with Gasteiger partial charge in [0.05, 0.1) is 13.2 Å². The quantitative estimate of drug-likeness (QED) is 0.787. The molecule has 1 fully saturated rings. The second-order valence-electron chi connectivity index (χ2n) is 4.32. The molecule has 1 aliphatic heterocycles. The van der Waals surface area contributed by atoms with Crippen LogP contribution < -0.4 is 4.90 Å². The first-order valence-electron chi connectivity index (χ1n) is 6.27. The van der Waals surface area contributed by atoms with Gasteiger partial charge in [-0.25, -0.2) is 0 Å². The number of benzene rings is 1. The highest BCUT2D eigenvalue weighted by Gasteiger charge is 2.11. The van der Waals surface area contributed by atoms with Crippen molar-refractivity contribution in [1.29, 1.82) is 0 Å². The van der Waals surface area contributed by atoms with Crippen LogP contribution in [0.3, 0.4) is 0 Å². The number of Topliss-reactive ketones (excluding diaryl/α,β-unsaturated/α-hetero) is 1. The van der Waals surface area contributed by atoms with Crippen molar-refractivity contribution in [2.45, 2.75) is 19.8 Å². The molecule has 0 amide bonds. The summed E-state index contributed by atoms with van der Waals surface area (Å²) in [5.41, 5.74) is 2.00. The van der Waals surface area contributed by atoms with E-state index in [2.05, 4.69) is 4.90 Å². The predicted molar refractivity (Wildman–Crippen MR) is 76.0 cm³/mol. The maximum atomic E-state index is 11.7. The van der Waals surface area contributed by atoms with Crippen LogP contribution in [-0.2, 0) is 4.74 Å². The van der Waals surface area contributed by atoms with Gasteiger partial charge in [-0.2, -0.15) is 0 Å². The maximum Gasteiger partial charge on any atom is 0.162 e. The van der Waals surface area contributed by atoms with Crippen LogP contribution in [0, 0.1) is 0 Å². The molecule has 4 heteroatoms. The number of carbonyl (C=O) groups is 1. The Labute approximate surface area is 115 Å². The summed E-state index contributed by atoms with van der Waals surface area (Å²) in [7, 11) is 0. The van der Waals surface area contributed by atoms with Gasteiger partial charge in [-0.3, -0.25) is 4.79 Å². The molecule has 18 heavy (non-hydrogen) atoms. The third-order valence-corrected chi connectivity index (χ3v) is 3.04. The van der Waals surface area contributed by atoms with Crippen LogP contribution in [0.4, 0.5) is 5.69 Å². The second-order valence-corrected chi connectivity index (χ2v) is 4.32. The first-order valence-corrected chi connectivity index (χ1v) is 6.27. The maximum absolute atomic E-state index is 11.7. The molecule has 3 nitrogen and oxygen atoms in total. The van der Waals surface area contributed by atoms with Crippen LogP contribution >= 0.6 is 12.4 Å². The number of carbonyl (C=O) groups excluding carboxylic acids is 1. The number of halogens is 1. The molecule has 1 aromatic rings. The van der Waals surface area contributed by atoms with Crippen LogP contribution in [0.1, 0.15) is 30.1 Å². The number of rotatable bonds is 4. The van der Waals surface area contributed by atoms with Crippen molar-refractivity contribution in [3.8, 4) is 0 Å². The normalized spacial score (nSPS) is 15.1. The molecule has 0 atom stereocenters. The number of hydrogen-bond donors (Lipinski definition) is 0. The average molecular weight is 270 g/mol. The number of ether oxygens (including phenoxy) is 1. The molecular formula is C14H20ClNO2. The lowest BCUT2D eigenvalue weighted by molar-refractivity contribution is 0.0981. The lowest BCUT2D eigenvalue weighted by atomic mass is 10.1. The van der Waals surface area contributed by atoms with E-state index in [0.717, 1.165) is 38.3 Å². The van der Waals surface area contributed by atoms with E-state index in [-0.39, 0.29) is 18.2 Å². The summed E-state index contributed by atoms with van der Waals surface area (Å²) in [6, 6.07) is 7.94. The first-order chi connectivity index (χ1) is 8.31. The first kappa shape index (κ1) is 15.0. The van der Waals surface area contributed by atoms with Crippen LogP contribution in [0.5, 0.6) is 0 Å². The smallest absolute Gasteiger partial charge is 0.162 e. The fraction of sp³-hybridized carbons (Fsp3) is 0.500. The van der Waals surface area contributed by atoms with E-state index in [0.29, 0.717) is 6.42 Å². The minimum absolute atomic E-state index is 0. The van der Waals surface area contributed by atoms with E-state index in [9.17, 15) is 4.79 Å². The summed E-state index contributed by atoms with van der Waals surface area (Å²) in [6.45, 7) is 5.47. The van der Waals surface area contributed by atoms with Crippen molar-refractivity contribution in [2.75, 3.05) is 31.2 Å². The van der Waals surface area contributed by atoms with Gasteiger partial charge in [0.2, 0.25) is 0 Å². The molecule has 2 rings (SSSR count). The summed E-state index contributed by atoms with van der Waals surface area (Å²) in [5.74, 6) is 0.237. The topological polar surface area (TPSA) is 29.5 Å². The Kier molecular flexibility index (Phi) is 6.16. The predicted octanol–water partition coefficient (Wildman–Crippen LogP) is 2.93. The molecule has 1 saturated heterocycles. The van der Waals surface area contributed by atoms with Gasteiger partial charge < -0.3 is 9.64 Å². The number of ketones is 1. The lowest BCUT2D eigenvalue weighted by Gasteiger charge is -2.28. The molecule has 1 aliphatic rings. The fourth-order valence-electron chi connectivity index (χ4n) is 2.05. The van der Waals surface area contributed by atoms with Crippen LogP contribution in [0.25, 0.3) is 0 Å². The van der Waals surface area contributed by atoms with Gasteiger partial charge in [0.25, 0.3) is 0 Å². The lowest BCUT2D eigenvalue weighted by Crippen LogP contribution is -2.36. The molecule has 0 unspecified atom stereocenters. The number of anilines is 1. The van der Waals surface area contributed by atoms with Gasteiger partial charge in [-0.15, -0.1) is 12.4 Å². The van der Waals surface area contributed by atoms with Gasteiger partial charge in [-0.1, -0.05) is 6.92 Å². The molecule has 0 spiro atoms. The van der Waals surface area contributed by atoms with Crippen molar-refractivity contribution >= 4 is 23.9 Å². The minimum atomic E-state index is 0. The Morgan fingerprint density at radius 2 is 1.83 bits per heavy atom. The Bertz CT molecular complexity index is 372. The Morgan fingerprint density at radius 3 is 2.39 bits per heavy atom. The van der Waals surface area contributed by atoms with E-state index >= 15 is 0 Å². The van der Waals surface area contributed by atoms with E-state index < -0.39 is 0 Å². The fourth-order valence-corrected chi connectivity index (χ4v) is 2.05. The molecule has 0 aliphatic carbocycles. The zero-order valence-corrected chi connectivity index (χ0v) is 11.5. The van der Waals surface area contributed by atoms with Gasteiger partial charge in [0.15, 0.2) is 5.78 Å². The zero-order valence-electron chi connectivity index (χ0n) is 10.7. The molecule has 0 N–H and O–H groups in total. The second kappa shape index (κ2) is 7.39. The molecule has 100 valence electrons. The van der Waals surface area contributed by atoms with Crippen molar-refractivity contribution in [2.24, 2.45) is 0 Å². The number of morpholine rings is 1. The van der Waals surface area contributed by atoms with Crippen LogP contribution in [-0.4, -0.2) is 32.1 Å². The molecule has 1 aromatic carbocycles. The molecular weight excluding hydrogens is 250 g/mol. The molecule has 0 aromatic heterocycles. The largest absolute Gasteiger partial charge is 0.378 e. The monoisotopic (exact) mass is 269 g/mol. The SMILES string of the molecule is CCCC(=O)c1ccc(N2CCOCC2)cc1.Cl. The zero-order chi connectivity index (χ0) is 12.1. The van der Waals surface area contributed by atoms with Crippen molar-refractivity contribution in [3.05, 3.63) is 29.8 Å². The summed E-state index contributed by atoms with van der Waals surface area (Å²) in [6.07, 6.45) is 1.54. The third-order valence-electron chi connectivity index (χ3n) is 3.04. The van der Waals surface area contributed by atoms with Crippen molar-refractivity contribution in [3.63, 3.8) is 0 Å². The van der Waals surface area contributed by atoms with Crippen LogP contribution in [0.2, 0.25) is 0 Å². The summed E-state index contributed by atoms with van der Waals surface area (Å²) in [4.78, 5) is 14.0. The van der Waals surface area contributed by atoms with Gasteiger partial charge >= 0.3 is 0 Å². The van der Waals surface area contributed by atoms with E-state index in [1.54, 1.807) is 0 Å². The van der Waals surface area contributed by atoms with Gasteiger partial charge in [0.1, 0.15) is 0 Å². The van der Waals surface area contributed by atoms with E-state index in [1.807, 2.05) is 31.2 Å².